The molecule has 0 bridgehead atoms. The fraction of sp³-hybridized carbons (Fsp3) is 0.500. The molecule has 1 aromatic heterocycles. The molecule has 3 N–H and O–H groups in total. The summed E-state index contributed by atoms with van der Waals surface area (Å²) >= 11 is 1.45. The third kappa shape index (κ3) is 3.60. The molecule has 1 saturated carbocycles. The van der Waals surface area contributed by atoms with Crippen LogP contribution < -0.4 is 10.6 Å². The lowest BCUT2D eigenvalue weighted by atomic mass is 9.76. The van der Waals surface area contributed by atoms with Gasteiger partial charge in [0.2, 0.25) is 11.8 Å². The number of carboxylic acid groups (broad SMARTS) is 1. The van der Waals surface area contributed by atoms with Crippen LogP contribution in [0.2, 0.25) is 0 Å². The SMILES string of the molecule is CC(=O)NC(CC(=O)NC1(C(=O)O)CCC1)c1cccs1. The summed E-state index contributed by atoms with van der Waals surface area (Å²) in [5.41, 5.74) is -1.12. The number of carbonyl (C=O) groups is 3. The van der Waals surface area contributed by atoms with E-state index < -0.39 is 17.6 Å². The van der Waals surface area contributed by atoms with Crippen molar-refractivity contribution in [2.24, 2.45) is 0 Å². The van der Waals surface area contributed by atoms with Crippen LogP contribution in [0.15, 0.2) is 17.5 Å². The van der Waals surface area contributed by atoms with Gasteiger partial charge in [0.1, 0.15) is 5.54 Å². The first kappa shape index (κ1) is 15.5. The van der Waals surface area contributed by atoms with Crippen molar-refractivity contribution in [3.05, 3.63) is 22.4 Å². The van der Waals surface area contributed by atoms with Crippen LogP contribution in [-0.4, -0.2) is 28.4 Å². The second-order valence-electron chi connectivity index (χ2n) is 5.26. The average molecular weight is 310 g/mol. The zero-order chi connectivity index (χ0) is 15.5. The standard InChI is InChI=1S/C14H18N2O4S/c1-9(17)15-10(11-4-2-7-21-11)8-12(18)16-14(13(19)20)5-3-6-14/h2,4,7,10H,3,5-6,8H2,1H3,(H,15,17)(H,16,18)(H,19,20). The van der Waals surface area contributed by atoms with Gasteiger partial charge in [-0.3, -0.25) is 9.59 Å². The van der Waals surface area contributed by atoms with E-state index in [1.54, 1.807) is 0 Å². The first-order valence-corrected chi connectivity index (χ1v) is 7.66. The first-order valence-electron chi connectivity index (χ1n) is 6.78. The molecule has 2 amide bonds. The normalized spacial score (nSPS) is 17.4. The summed E-state index contributed by atoms with van der Waals surface area (Å²) in [5.74, 6) is -1.57. The number of aliphatic carboxylic acids is 1. The Labute approximate surface area is 126 Å². The smallest absolute Gasteiger partial charge is 0.329 e. The highest BCUT2D eigenvalue weighted by molar-refractivity contribution is 7.10. The van der Waals surface area contributed by atoms with Crippen LogP contribution in [0.5, 0.6) is 0 Å². The number of thiophene rings is 1. The van der Waals surface area contributed by atoms with Gasteiger partial charge >= 0.3 is 5.97 Å². The molecule has 2 rings (SSSR count). The summed E-state index contributed by atoms with van der Waals surface area (Å²) in [4.78, 5) is 35.5. The molecule has 0 aliphatic heterocycles. The zero-order valence-electron chi connectivity index (χ0n) is 11.7. The number of hydrogen-bond acceptors (Lipinski definition) is 4. The van der Waals surface area contributed by atoms with Gasteiger partial charge in [0.25, 0.3) is 0 Å². The highest BCUT2D eigenvalue weighted by Crippen LogP contribution is 2.32. The van der Waals surface area contributed by atoms with Crippen LogP contribution in [0.4, 0.5) is 0 Å². The Morgan fingerprint density at radius 1 is 1.43 bits per heavy atom. The third-order valence-electron chi connectivity index (χ3n) is 3.65. The second-order valence-corrected chi connectivity index (χ2v) is 6.24. The molecule has 1 atom stereocenters. The van der Waals surface area contributed by atoms with Gasteiger partial charge in [-0.05, 0) is 30.7 Å². The topological polar surface area (TPSA) is 95.5 Å². The summed E-state index contributed by atoms with van der Waals surface area (Å²) in [6.07, 6.45) is 1.75. The van der Waals surface area contributed by atoms with Crippen molar-refractivity contribution in [1.29, 1.82) is 0 Å². The van der Waals surface area contributed by atoms with Crippen molar-refractivity contribution >= 4 is 29.1 Å². The molecule has 0 spiro atoms. The van der Waals surface area contributed by atoms with E-state index in [0.717, 1.165) is 11.3 Å². The van der Waals surface area contributed by atoms with Crippen LogP contribution in [0, 0.1) is 0 Å². The molecule has 0 radical (unpaired) electrons. The van der Waals surface area contributed by atoms with Crippen molar-refractivity contribution in [2.45, 2.75) is 44.2 Å². The summed E-state index contributed by atoms with van der Waals surface area (Å²) in [7, 11) is 0. The minimum absolute atomic E-state index is 0.0368. The first-order chi connectivity index (χ1) is 9.93. The molecule has 0 aromatic carbocycles. The molecule has 1 fully saturated rings. The lowest BCUT2D eigenvalue weighted by Gasteiger charge is -2.38. The van der Waals surface area contributed by atoms with E-state index >= 15 is 0 Å². The molecule has 1 aliphatic carbocycles. The molecule has 6 nitrogen and oxygen atoms in total. The predicted molar refractivity (Wildman–Crippen MR) is 77.9 cm³/mol. The molecular weight excluding hydrogens is 292 g/mol. The summed E-state index contributed by atoms with van der Waals surface area (Å²) < 4.78 is 0. The van der Waals surface area contributed by atoms with Crippen molar-refractivity contribution in [3.8, 4) is 0 Å². The van der Waals surface area contributed by atoms with Crippen LogP contribution in [0.25, 0.3) is 0 Å². The number of carbonyl (C=O) groups excluding carboxylic acids is 2. The van der Waals surface area contributed by atoms with Gasteiger partial charge in [0.15, 0.2) is 0 Å². The number of hydrogen-bond donors (Lipinski definition) is 3. The van der Waals surface area contributed by atoms with Crippen molar-refractivity contribution in [3.63, 3.8) is 0 Å². The van der Waals surface area contributed by atoms with Crippen molar-refractivity contribution < 1.29 is 19.5 Å². The minimum Gasteiger partial charge on any atom is -0.480 e. The maximum Gasteiger partial charge on any atom is 0.329 e. The van der Waals surface area contributed by atoms with E-state index in [1.165, 1.54) is 18.3 Å². The molecule has 21 heavy (non-hydrogen) atoms. The largest absolute Gasteiger partial charge is 0.480 e. The van der Waals surface area contributed by atoms with Gasteiger partial charge in [-0.1, -0.05) is 6.07 Å². The predicted octanol–water partition coefficient (Wildman–Crippen LogP) is 1.44. The van der Waals surface area contributed by atoms with Gasteiger partial charge in [-0.15, -0.1) is 11.3 Å². The highest BCUT2D eigenvalue weighted by atomic mass is 32.1. The summed E-state index contributed by atoms with van der Waals surface area (Å²) in [6, 6.07) is 3.26. The van der Waals surface area contributed by atoms with Crippen LogP contribution in [0.1, 0.15) is 43.5 Å². The Bertz CT molecular complexity index is 537. The monoisotopic (exact) mass is 310 g/mol. The fourth-order valence-corrected chi connectivity index (χ4v) is 3.16. The highest BCUT2D eigenvalue weighted by Gasteiger charge is 2.45. The zero-order valence-corrected chi connectivity index (χ0v) is 12.5. The second kappa shape index (κ2) is 6.26. The van der Waals surface area contributed by atoms with E-state index in [4.69, 9.17) is 0 Å². The summed E-state index contributed by atoms with van der Waals surface area (Å²) in [6.45, 7) is 1.39. The lowest BCUT2D eigenvalue weighted by Crippen LogP contribution is -2.59. The number of amides is 2. The molecule has 7 heteroatoms. The van der Waals surface area contributed by atoms with Crippen LogP contribution in [-0.2, 0) is 14.4 Å². The van der Waals surface area contributed by atoms with Gasteiger partial charge in [-0.25, -0.2) is 4.79 Å². The van der Waals surface area contributed by atoms with Crippen molar-refractivity contribution in [1.82, 2.24) is 10.6 Å². The van der Waals surface area contributed by atoms with Gasteiger partial charge in [0.05, 0.1) is 12.5 Å². The third-order valence-corrected chi connectivity index (χ3v) is 4.63. The van der Waals surface area contributed by atoms with Crippen LogP contribution >= 0.6 is 11.3 Å². The van der Waals surface area contributed by atoms with E-state index in [-0.39, 0.29) is 18.2 Å². The van der Waals surface area contributed by atoms with Gasteiger partial charge in [0, 0.05) is 11.8 Å². The van der Waals surface area contributed by atoms with E-state index in [2.05, 4.69) is 10.6 Å². The molecule has 1 aliphatic rings. The maximum absolute atomic E-state index is 12.1. The quantitative estimate of drug-likeness (QED) is 0.741. The fourth-order valence-electron chi connectivity index (χ4n) is 2.38. The molecule has 0 saturated heterocycles. The molecular formula is C14H18N2O4S. The minimum atomic E-state index is -1.12. The molecule has 114 valence electrons. The Morgan fingerprint density at radius 2 is 2.14 bits per heavy atom. The molecule has 1 heterocycles. The van der Waals surface area contributed by atoms with E-state index in [1.807, 2.05) is 17.5 Å². The molecule has 1 unspecified atom stereocenters. The Morgan fingerprint density at radius 3 is 2.57 bits per heavy atom. The van der Waals surface area contributed by atoms with Crippen molar-refractivity contribution in [2.75, 3.05) is 0 Å². The Kier molecular flexibility index (Phi) is 4.62. The number of rotatable bonds is 6. The van der Waals surface area contributed by atoms with Gasteiger partial charge in [-0.2, -0.15) is 0 Å². The molecule has 1 aromatic rings. The summed E-state index contributed by atoms with van der Waals surface area (Å²) in [5, 5.41) is 16.4. The van der Waals surface area contributed by atoms with E-state index in [0.29, 0.717) is 12.8 Å². The van der Waals surface area contributed by atoms with E-state index in [9.17, 15) is 19.5 Å². The Balaban J connectivity index is 2.01. The Hall–Kier alpha value is -1.89. The lowest BCUT2D eigenvalue weighted by molar-refractivity contribution is -0.151. The number of carboxylic acids is 1. The average Bonchev–Trinajstić information content (AvgIpc) is 2.85. The van der Waals surface area contributed by atoms with Crippen LogP contribution in [0.3, 0.4) is 0 Å². The van der Waals surface area contributed by atoms with Gasteiger partial charge < -0.3 is 15.7 Å². The number of nitrogens with one attached hydrogen (secondary N) is 2. The maximum atomic E-state index is 12.1.